The lowest BCUT2D eigenvalue weighted by Gasteiger charge is -2.27. The number of benzene rings is 1. The van der Waals surface area contributed by atoms with Gasteiger partial charge < -0.3 is 18.9 Å². The monoisotopic (exact) mass is 326 g/mol. The van der Waals surface area contributed by atoms with E-state index in [1.54, 1.807) is 0 Å². The number of halogens is 1. The molecule has 4 nitrogen and oxygen atoms in total. The maximum absolute atomic E-state index is 6.19. The van der Waals surface area contributed by atoms with Crippen LogP contribution in [-0.2, 0) is 25.6 Å². The van der Waals surface area contributed by atoms with Crippen LogP contribution in [0.25, 0.3) is 0 Å². The van der Waals surface area contributed by atoms with Crippen LogP contribution in [0, 0.1) is 0 Å². The Morgan fingerprint density at radius 1 is 1.23 bits per heavy atom. The van der Waals surface area contributed by atoms with E-state index in [1.807, 2.05) is 38.1 Å². The van der Waals surface area contributed by atoms with Crippen molar-refractivity contribution in [3.05, 3.63) is 34.9 Å². The zero-order valence-electron chi connectivity index (χ0n) is 13.3. The van der Waals surface area contributed by atoms with Crippen LogP contribution >= 0.6 is 11.6 Å². The van der Waals surface area contributed by atoms with Crippen LogP contribution in [0.4, 0.5) is 0 Å². The molecule has 2 aliphatic rings. The van der Waals surface area contributed by atoms with Gasteiger partial charge in [-0.2, -0.15) is 0 Å². The van der Waals surface area contributed by atoms with E-state index in [4.69, 9.17) is 30.5 Å². The highest BCUT2D eigenvalue weighted by atomic mass is 35.5. The van der Waals surface area contributed by atoms with Gasteiger partial charge in [0.1, 0.15) is 12.2 Å². The molecule has 0 aromatic heterocycles. The van der Waals surface area contributed by atoms with Crippen molar-refractivity contribution >= 4 is 11.6 Å². The molecule has 0 radical (unpaired) electrons. The van der Waals surface area contributed by atoms with Crippen molar-refractivity contribution in [1.82, 2.24) is 0 Å². The average Bonchev–Trinajstić information content (AvgIpc) is 3.00. The summed E-state index contributed by atoms with van der Waals surface area (Å²) in [7, 11) is 0. The summed E-state index contributed by atoms with van der Waals surface area (Å²) in [5.74, 6) is -0.583. The highest BCUT2D eigenvalue weighted by Crippen LogP contribution is 2.41. The van der Waals surface area contributed by atoms with Gasteiger partial charge in [-0.25, -0.2) is 0 Å². The summed E-state index contributed by atoms with van der Waals surface area (Å²) in [5.41, 5.74) is 0.972. The molecular formula is C17H23ClO4. The number of ether oxygens (including phenoxy) is 4. The first-order valence-electron chi connectivity index (χ1n) is 7.92. The molecule has 5 atom stereocenters. The molecule has 5 heteroatoms. The van der Waals surface area contributed by atoms with E-state index in [-0.39, 0.29) is 24.6 Å². The molecule has 1 aromatic rings. The van der Waals surface area contributed by atoms with Gasteiger partial charge in [-0.1, -0.05) is 43.6 Å². The smallest absolute Gasteiger partial charge is 0.190 e. The van der Waals surface area contributed by atoms with Gasteiger partial charge in [0, 0.05) is 5.02 Å². The second-order valence-electron chi connectivity index (χ2n) is 6.01. The molecule has 22 heavy (non-hydrogen) atoms. The van der Waals surface area contributed by atoms with Crippen LogP contribution in [0.5, 0.6) is 0 Å². The Labute approximate surface area is 136 Å². The Kier molecular flexibility index (Phi) is 4.76. The fraction of sp³-hybridized carbons (Fsp3) is 0.647. The third kappa shape index (κ3) is 3.03. The van der Waals surface area contributed by atoms with Gasteiger partial charge in [0.15, 0.2) is 12.1 Å². The molecule has 0 amide bonds. The molecule has 122 valence electrons. The summed E-state index contributed by atoms with van der Waals surface area (Å²) < 4.78 is 24.1. The van der Waals surface area contributed by atoms with E-state index < -0.39 is 5.79 Å². The molecule has 1 unspecified atom stereocenters. The third-order valence-electron chi connectivity index (χ3n) is 4.45. The Hall–Kier alpha value is -0.650. The van der Waals surface area contributed by atoms with E-state index in [1.165, 1.54) is 0 Å². The summed E-state index contributed by atoms with van der Waals surface area (Å²) in [5, 5.41) is 0.716. The van der Waals surface area contributed by atoms with E-state index in [9.17, 15) is 0 Å². The molecule has 0 bridgehead atoms. The maximum Gasteiger partial charge on any atom is 0.190 e. The predicted octanol–water partition coefficient (Wildman–Crippen LogP) is 3.90. The standard InChI is InChI=1S/C17H23ClO4/c1-4-13-14(19-10-11-8-6-7-9-12(11)18)15-16(20-13)22-17(3,5-2)21-15/h6-9,13-16H,4-5,10H2,1-3H3/t13-,14+,15-,16-,17?/m1/s1. The fourth-order valence-corrected chi connectivity index (χ4v) is 3.16. The van der Waals surface area contributed by atoms with E-state index in [0.29, 0.717) is 11.6 Å². The van der Waals surface area contributed by atoms with Gasteiger partial charge in [-0.05, 0) is 31.4 Å². The topological polar surface area (TPSA) is 36.9 Å². The van der Waals surface area contributed by atoms with Crippen LogP contribution in [0.1, 0.15) is 39.2 Å². The first kappa shape index (κ1) is 16.2. The summed E-state index contributed by atoms with van der Waals surface area (Å²) >= 11 is 6.19. The SMILES string of the molecule is CC[C@H]1O[C@@H]2OC(C)(CC)O[C@@H]2[C@H]1OCc1ccccc1Cl. The van der Waals surface area contributed by atoms with Gasteiger partial charge in [0.05, 0.1) is 12.7 Å². The van der Waals surface area contributed by atoms with Crippen molar-refractivity contribution in [3.8, 4) is 0 Å². The normalized spacial score (nSPS) is 37.5. The largest absolute Gasteiger partial charge is 0.368 e. The Morgan fingerprint density at radius 2 is 2.00 bits per heavy atom. The number of rotatable bonds is 5. The molecule has 2 fully saturated rings. The van der Waals surface area contributed by atoms with Crippen molar-refractivity contribution in [3.63, 3.8) is 0 Å². The molecule has 1 aromatic carbocycles. The van der Waals surface area contributed by atoms with Crippen molar-refractivity contribution in [2.45, 2.75) is 70.6 Å². The van der Waals surface area contributed by atoms with Crippen LogP contribution in [-0.4, -0.2) is 30.4 Å². The minimum absolute atomic E-state index is 0.0149. The molecule has 0 aliphatic carbocycles. The summed E-state index contributed by atoms with van der Waals surface area (Å²) in [4.78, 5) is 0. The quantitative estimate of drug-likeness (QED) is 0.822. The van der Waals surface area contributed by atoms with Crippen LogP contribution < -0.4 is 0 Å². The predicted molar refractivity (Wildman–Crippen MR) is 83.6 cm³/mol. The first-order chi connectivity index (χ1) is 10.6. The molecule has 2 heterocycles. The summed E-state index contributed by atoms with van der Waals surface area (Å²) in [6, 6.07) is 7.71. The Morgan fingerprint density at radius 3 is 2.68 bits per heavy atom. The van der Waals surface area contributed by atoms with Gasteiger partial charge >= 0.3 is 0 Å². The first-order valence-corrected chi connectivity index (χ1v) is 8.30. The number of hydrogen-bond donors (Lipinski definition) is 0. The van der Waals surface area contributed by atoms with E-state index in [2.05, 4.69) is 6.92 Å². The molecule has 2 aliphatic heterocycles. The third-order valence-corrected chi connectivity index (χ3v) is 4.82. The van der Waals surface area contributed by atoms with Crippen LogP contribution in [0.2, 0.25) is 5.02 Å². The Bertz CT molecular complexity index is 523. The highest BCUT2D eigenvalue weighted by Gasteiger charge is 2.55. The number of hydrogen-bond acceptors (Lipinski definition) is 4. The van der Waals surface area contributed by atoms with Crippen molar-refractivity contribution < 1.29 is 18.9 Å². The molecule has 0 N–H and O–H groups in total. The van der Waals surface area contributed by atoms with Gasteiger partial charge in [0.25, 0.3) is 0 Å². The summed E-state index contributed by atoms with van der Waals surface area (Å²) in [6.07, 6.45) is 0.953. The minimum atomic E-state index is -0.583. The zero-order valence-corrected chi connectivity index (χ0v) is 14.0. The van der Waals surface area contributed by atoms with Crippen molar-refractivity contribution in [2.24, 2.45) is 0 Å². The molecule has 0 saturated carbocycles. The van der Waals surface area contributed by atoms with E-state index in [0.717, 1.165) is 18.4 Å². The van der Waals surface area contributed by atoms with Crippen molar-refractivity contribution in [1.29, 1.82) is 0 Å². The second-order valence-corrected chi connectivity index (χ2v) is 6.41. The average molecular weight is 327 g/mol. The maximum atomic E-state index is 6.19. The lowest BCUT2D eigenvalue weighted by Crippen LogP contribution is -2.37. The molecular weight excluding hydrogens is 304 g/mol. The van der Waals surface area contributed by atoms with Crippen LogP contribution in [0.3, 0.4) is 0 Å². The molecule has 0 spiro atoms. The molecule has 2 saturated heterocycles. The van der Waals surface area contributed by atoms with Crippen molar-refractivity contribution in [2.75, 3.05) is 0 Å². The van der Waals surface area contributed by atoms with Gasteiger partial charge in [0.2, 0.25) is 0 Å². The lowest BCUT2D eigenvalue weighted by atomic mass is 10.1. The van der Waals surface area contributed by atoms with Gasteiger partial charge in [-0.3, -0.25) is 0 Å². The second kappa shape index (κ2) is 6.46. The van der Waals surface area contributed by atoms with Gasteiger partial charge in [-0.15, -0.1) is 0 Å². The Balaban J connectivity index is 1.69. The lowest BCUT2D eigenvalue weighted by molar-refractivity contribution is -0.229. The fourth-order valence-electron chi connectivity index (χ4n) is 2.97. The minimum Gasteiger partial charge on any atom is -0.368 e. The van der Waals surface area contributed by atoms with Crippen LogP contribution in [0.15, 0.2) is 24.3 Å². The highest BCUT2D eigenvalue weighted by molar-refractivity contribution is 6.31. The van der Waals surface area contributed by atoms with E-state index >= 15 is 0 Å². The molecule has 3 rings (SSSR count). The number of fused-ring (bicyclic) bond motifs is 1. The zero-order chi connectivity index (χ0) is 15.7. The summed E-state index contributed by atoms with van der Waals surface area (Å²) in [6.45, 7) is 6.51.